The standard InChI is InChI=1S/C12H14FNO2/c1-7-4-8(7)6-14-12(16)10-3-2-9(13)5-11(10)15/h2-3,5,7-8,15H,4,6H2,1H3,(H,14,16). The molecule has 4 heteroatoms. The molecule has 2 rings (SSSR count). The highest BCUT2D eigenvalue weighted by atomic mass is 19.1. The van der Waals surface area contributed by atoms with Crippen molar-refractivity contribution in [3.8, 4) is 5.75 Å². The van der Waals surface area contributed by atoms with E-state index in [1.54, 1.807) is 0 Å². The highest BCUT2D eigenvalue weighted by Gasteiger charge is 2.32. The van der Waals surface area contributed by atoms with Crippen molar-refractivity contribution in [3.05, 3.63) is 29.6 Å². The molecule has 16 heavy (non-hydrogen) atoms. The third kappa shape index (κ3) is 2.32. The van der Waals surface area contributed by atoms with Gasteiger partial charge in [0.1, 0.15) is 11.6 Å². The van der Waals surface area contributed by atoms with Crippen molar-refractivity contribution in [2.75, 3.05) is 6.54 Å². The summed E-state index contributed by atoms with van der Waals surface area (Å²) >= 11 is 0. The van der Waals surface area contributed by atoms with Gasteiger partial charge in [0.05, 0.1) is 5.56 Å². The first-order valence-corrected chi connectivity index (χ1v) is 5.34. The molecule has 1 aromatic rings. The molecule has 1 fully saturated rings. The van der Waals surface area contributed by atoms with Gasteiger partial charge in [-0.05, 0) is 30.4 Å². The van der Waals surface area contributed by atoms with Crippen molar-refractivity contribution >= 4 is 5.91 Å². The van der Waals surface area contributed by atoms with Crippen LogP contribution in [0.1, 0.15) is 23.7 Å². The first kappa shape index (κ1) is 10.9. The second kappa shape index (κ2) is 4.12. The molecular weight excluding hydrogens is 209 g/mol. The van der Waals surface area contributed by atoms with Crippen LogP contribution in [0, 0.1) is 17.7 Å². The molecule has 0 aliphatic heterocycles. The van der Waals surface area contributed by atoms with Crippen molar-refractivity contribution in [2.45, 2.75) is 13.3 Å². The molecule has 2 atom stereocenters. The number of phenolic OH excluding ortho intramolecular Hbond substituents is 1. The van der Waals surface area contributed by atoms with Crippen molar-refractivity contribution < 1.29 is 14.3 Å². The number of aromatic hydroxyl groups is 1. The summed E-state index contributed by atoms with van der Waals surface area (Å²) in [4.78, 5) is 11.6. The average Bonchev–Trinajstić information content (AvgIpc) is 2.91. The van der Waals surface area contributed by atoms with Gasteiger partial charge in [0.2, 0.25) is 0 Å². The summed E-state index contributed by atoms with van der Waals surface area (Å²) in [6, 6.07) is 3.39. The Kier molecular flexibility index (Phi) is 2.81. The van der Waals surface area contributed by atoms with Gasteiger partial charge in [0.25, 0.3) is 5.91 Å². The Hall–Kier alpha value is -1.58. The summed E-state index contributed by atoms with van der Waals surface area (Å²) in [5, 5.41) is 12.1. The number of amides is 1. The molecule has 0 heterocycles. The van der Waals surface area contributed by atoms with Gasteiger partial charge in [-0.2, -0.15) is 0 Å². The molecular formula is C12H14FNO2. The van der Waals surface area contributed by atoms with Crippen molar-refractivity contribution in [2.24, 2.45) is 11.8 Å². The molecule has 3 nitrogen and oxygen atoms in total. The third-order valence-electron chi connectivity index (χ3n) is 3.01. The first-order chi connectivity index (χ1) is 7.58. The van der Waals surface area contributed by atoms with Crippen LogP contribution in [0.3, 0.4) is 0 Å². The summed E-state index contributed by atoms with van der Waals surface area (Å²) in [5.74, 6) is -0.00327. The lowest BCUT2D eigenvalue weighted by molar-refractivity contribution is 0.0948. The smallest absolute Gasteiger partial charge is 0.255 e. The van der Waals surface area contributed by atoms with Gasteiger partial charge in [-0.25, -0.2) is 4.39 Å². The van der Waals surface area contributed by atoms with E-state index in [0.29, 0.717) is 18.4 Å². The van der Waals surface area contributed by atoms with E-state index in [1.165, 1.54) is 6.07 Å². The SMILES string of the molecule is CC1CC1CNC(=O)c1ccc(F)cc1O. The van der Waals surface area contributed by atoms with Crippen LogP contribution in [0.2, 0.25) is 0 Å². The van der Waals surface area contributed by atoms with Crippen molar-refractivity contribution in [1.29, 1.82) is 0 Å². The van der Waals surface area contributed by atoms with Crippen LogP contribution in [0.25, 0.3) is 0 Å². The van der Waals surface area contributed by atoms with E-state index in [0.717, 1.165) is 18.6 Å². The zero-order valence-electron chi connectivity index (χ0n) is 9.03. The van der Waals surface area contributed by atoms with Gasteiger partial charge in [-0.3, -0.25) is 4.79 Å². The maximum absolute atomic E-state index is 12.7. The Morgan fingerprint density at radius 3 is 2.88 bits per heavy atom. The molecule has 0 saturated heterocycles. The fraction of sp³-hybridized carbons (Fsp3) is 0.417. The highest BCUT2D eigenvalue weighted by Crippen LogP contribution is 2.36. The summed E-state index contributed by atoms with van der Waals surface area (Å²) in [7, 11) is 0. The molecule has 1 aliphatic rings. The fourth-order valence-electron chi connectivity index (χ4n) is 1.70. The quantitative estimate of drug-likeness (QED) is 0.822. The molecule has 1 aromatic carbocycles. The van der Waals surface area contributed by atoms with E-state index in [2.05, 4.69) is 12.2 Å². The molecule has 2 unspecified atom stereocenters. The van der Waals surface area contributed by atoms with Crippen LogP contribution in [-0.2, 0) is 0 Å². The van der Waals surface area contributed by atoms with Crippen LogP contribution in [-0.4, -0.2) is 17.6 Å². The third-order valence-corrected chi connectivity index (χ3v) is 3.01. The van der Waals surface area contributed by atoms with Crippen LogP contribution in [0.15, 0.2) is 18.2 Å². The second-order valence-electron chi connectivity index (χ2n) is 4.34. The highest BCUT2D eigenvalue weighted by molar-refractivity contribution is 5.96. The number of halogens is 1. The number of carbonyl (C=O) groups excluding carboxylic acids is 1. The minimum atomic E-state index is -0.551. The van der Waals surface area contributed by atoms with Crippen LogP contribution < -0.4 is 5.32 Å². The normalized spacial score (nSPS) is 22.9. The van der Waals surface area contributed by atoms with Gasteiger partial charge in [0, 0.05) is 12.6 Å². The van der Waals surface area contributed by atoms with Gasteiger partial charge >= 0.3 is 0 Å². The van der Waals surface area contributed by atoms with Crippen LogP contribution >= 0.6 is 0 Å². The lowest BCUT2D eigenvalue weighted by Crippen LogP contribution is -2.25. The van der Waals surface area contributed by atoms with Gasteiger partial charge in [-0.15, -0.1) is 0 Å². The largest absolute Gasteiger partial charge is 0.507 e. The zero-order valence-corrected chi connectivity index (χ0v) is 9.03. The molecule has 1 aliphatic carbocycles. The van der Waals surface area contributed by atoms with Gasteiger partial charge in [0.15, 0.2) is 0 Å². The molecule has 1 amide bonds. The maximum Gasteiger partial charge on any atom is 0.255 e. The minimum Gasteiger partial charge on any atom is -0.507 e. The lowest BCUT2D eigenvalue weighted by atomic mass is 10.2. The van der Waals surface area contributed by atoms with Gasteiger partial charge < -0.3 is 10.4 Å². The topological polar surface area (TPSA) is 49.3 Å². The average molecular weight is 223 g/mol. The number of nitrogens with one attached hydrogen (secondary N) is 1. The predicted molar refractivity (Wildman–Crippen MR) is 57.7 cm³/mol. The number of phenols is 1. The summed E-state index contributed by atoms with van der Waals surface area (Å²) in [6.45, 7) is 2.75. The number of hydrogen-bond acceptors (Lipinski definition) is 2. The Morgan fingerprint density at radius 2 is 2.31 bits per heavy atom. The van der Waals surface area contributed by atoms with E-state index in [9.17, 15) is 14.3 Å². The summed E-state index contributed by atoms with van der Waals surface area (Å²) < 4.78 is 12.7. The molecule has 0 bridgehead atoms. The monoisotopic (exact) mass is 223 g/mol. The number of benzene rings is 1. The first-order valence-electron chi connectivity index (χ1n) is 5.34. The fourth-order valence-corrected chi connectivity index (χ4v) is 1.70. The molecule has 0 spiro atoms. The van der Waals surface area contributed by atoms with E-state index in [1.807, 2.05) is 0 Å². The molecule has 2 N–H and O–H groups in total. The Labute approximate surface area is 93.3 Å². The second-order valence-corrected chi connectivity index (χ2v) is 4.34. The Morgan fingerprint density at radius 1 is 1.62 bits per heavy atom. The van der Waals surface area contributed by atoms with E-state index >= 15 is 0 Å². The molecule has 0 radical (unpaired) electrons. The molecule has 1 saturated carbocycles. The van der Waals surface area contributed by atoms with E-state index in [-0.39, 0.29) is 17.2 Å². The number of carbonyl (C=O) groups is 1. The van der Waals surface area contributed by atoms with E-state index < -0.39 is 5.82 Å². The summed E-state index contributed by atoms with van der Waals surface area (Å²) in [6.07, 6.45) is 1.13. The molecule has 0 aromatic heterocycles. The molecule has 86 valence electrons. The Balaban J connectivity index is 1.97. The zero-order chi connectivity index (χ0) is 11.7. The van der Waals surface area contributed by atoms with Crippen LogP contribution in [0.4, 0.5) is 4.39 Å². The van der Waals surface area contributed by atoms with Crippen LogP contribution in [0.5, 0.6) is 5.75 Å². The van der Waals surface area contributed by atoms with E-state index in [4.69, 9.17) is 0 Å². The predicted octanol–water partition coefficient (Wildman–Crippen LogP) is 1.92. The summed E-state index contributed by atoms with van der Waals surface area (Å²) in [5.41, 5.74) is 0.120. The van der Waals surface area contributed by atoms with Crippen molar-refractivity contribution in [3.63, 3.8) is 0 Å². The number of rotatable bonds is 3. The Bertz CT molecular complexity index is 419. The van der Waals surface area contributed by atoms with Crippen molar-refractivity contribution in [1.82, 2.24) is 5.32 Å². The number of hydrogen-bond donors (Lipinski definition) is 2. The van der Waals surface area contributed by atoms with Gasteiger partial charge in [-0.1, -0.05) is 6.92 Å². The lowest BCUT2D eigenvalue weighted by Gasteiger charge is -2.06. The maximum atomic E-state index is 12.7. The minimum absolute atomic E-state index is 0.120.